The molecule has 1 fully saturated rings. The average Bonchev–Trinajstić information content (AvgIpc) is 2.95. The summed E-state index contributed by atoms with van der Waals surface area (Å²) in [5, 5.41) is 12.7. The van der Waals surface area contributed by atoms with Crippen LogP contribution in [0.15, 0.2) is 29.0 Å². The van der Waals surface area contributed by atoms with Gasteiger partial charge in [0.25, 0.3) is 0 Å². The van der Waals surface area contributed by atoms with Crippen LogP contribution in [0, 0.1) is 17.2 Å². The zero-order valence-corrected chi connectivity index (χ0v) is 17.6. The summed E-state index contributed by atoms with van der Waals surface area (Å²) in [6, 6.07) is 7.12. The lowest BCUT2D eigenvalue weighted by atomic mass is 9.80. The van der Waals surface area contributed by atoms with Gasteiger partial charge in [-0.3, -0.25) is 0 Å². The molecule has 1 aliphatic rings. The van der Waals surface area contributed by atoms with E-state index in [0.717, 1.165) is 25.0 Å². The standard InChI is InChI=1S/C20H18BrF3N6/c1-11(13-3-2-4-13)26-17-16-18(28-15(9-25)27-17)29-19(21)30(16)10-12-5-7-14(8-6-12)20(22,23)24/h5-8,11,13H,2-4,10H2,1H3,(H,26,27,28). The topological polar surface area (TPSA) is 79.4 Å². The van der Waals surface area contributed by atoms with Crippen LogP contribution in [0.4, 0.5) is 19.0 Å². The van der Waals surface area contributed by atoms with Crippen LogP contribution in [-0.4, -0.2) is 25.6 Å². The summed E-state index contributed by atoms with van der Waals surface area (Å²) in [5.41, 5.74) is 0.931. The van der Waals surface area contributed by atoms with Gasteiger partial charge in [0.2, 0.25) is 5.82 Å². The molecular formula is C20H18BrF3N6. The molecule has 2 heterocycles. The van der Waals surface area contributed by atoms with Crippen LogP contribution in [0.2, 0.25) is 0 Å². The molecule has 2 aromatic heterocycles. The van der Waals surface area contributed by atoms with E-state index in [1.165, 1.54) is 18.6 Å². The van der Waals surface area contributed by atoms with Crippen molar-refractivity contribution in [1.29, 1.82) is 5.26 Å². The summed E-state index contributed by atoms with van der Waals surface area (Å²) < 4.78 is 40.8. The van der Waals surface area contributed by atoms with Crippen molar-refractivity contribution < 1.29 is 13.2 Å². The van der Waals surface area contributed by atoms with E-state index in [2.05, 4.69) is 43.1 Å². The molecular weight excluding hydrogens is 461 g/mol. The maximum Gasteiger partial charge on any atom is 0.416 e. The van der Waals surface area contributed by atoms with Crippen molar-refractivity contribution in [3.8, 4) is 6.07 Å². The van der Waals surface area contributed by atoms with Crippen LogP contribution < -0.4 is 5.32 Å². The predicted octanol–water partition coefficient (Wildman–Crippen LogP) is 5.13. The molecule has 1 N–H and O–H groups in total. The highest BCUT2D eigenvalue weighted by Crippen LogP contribution is 2.33. The van der Waals surface area contributed by atoms with Crippen LogP contribution in [0.5, 0.6) is 0 Å². The molecule has 1 saturated carbocycles. The molecule has 3 aromatic rings. The quantitative estimate of drug-likeness (QED) is 0.514. The third-order valence-corrected chi connectivity index (χ3v) is 6.11. The van der Waals surface area contributed by atoms with Gasteiger partial charge in [0.15, 0.2) is 16.2 Å². The Morgan fingerprint density at radius 1 is 1.23 bits per heavy atom. The molecule has 0 bridgehead atoms. The Labute approximate surface area is 179 Å². The summed E-state index contributed by atoms with van der Waals surface area (Å²) in [7, 11) is 0. The van der Waals surface area contributed by atoms with Crippen LogP contribution in [0.3, 0.4) is 0 Å². The number of nitrogens with one attached hydrogen (secondary N) is 1. The lowest BCUT2D eigenvalue weighted by Crippen LogP contribution is -2.31. The average molecular weight is 479 g/mol. The molecule has 0 spiro atoms. The van der Waals surface area contributed by atoms with Crippen molar-refractivity contribution in [2.24, 2.45) is 5.92 Å². The number of aromatic nitrogens is 4. The lowest BCUT2D eigenvalue weighted by Gasteiger charge is -2.32. The maximum absolute atomic E-state index is 12.8. The lowest BCUT2D eigenvalue weighted by molar-refractivity contribution is -0.137. The summed E-state index contributed by atoms with van der Waals surface area (Å²) in [4.78, 5) is 12.9. The number of nitriles is 1. The van der Waals surface area contributed by atoms with Crippen molar-refractivity contribution in [3.63, 3.8) is 0 Å². The first-order valence-corrected chi connectivity index (χ1v) is 10.3. The largest absolute Gasteiger partial charge is 0.416 e. The molecule has 4 rings (SSSR count). The predicted molar refractivity (Wildman–Crippen MR) is 109 cm³/mol. The Morgan fingerprint density at radius 2 is 1.93 bits per heavy atom. The highest BCUT2D eigenvalue weighted by atomic mass is 79.9. The van der Waals surface area contributed by atoms with Gasteiger partial charge in [0, 0.05) is 6.04 Å². The van der Waals surface area contributed by atoms with Crippen LogP contribution >= 0.6 is 15.9 Å². The monoisotopic (exact) mass is 478 g/mol. The number of imidazole rings is 1. The minimum atomic E-state index is -4.38. The molecule has 1 atom stereocenters. The molecule has 10 heteroatoms. The fourth-order valence-corrected chi connectivity index (χ4v) is 4.03. The summed E-state index contributed by atoms with van der Waals surface area (Å²) in [5.74, 6) is 1.05. The number of nitrogens with zero attached hydrogens (tertiary/aromatic N) is 5. The molecule has 0 amide bonds. The number of fused-ring (bicyclic) bond motifs is 1. The van der Waals surface area contributed by atoms with Crippen LogP contribution in [0.25, 0.3) is 11.2 Å². The van der Waals surface area contributed by atoms with Gasteiger partial charge in [-0.25, -0.2) is 4.98 Å². The van der Waals surface area contributed by atoms with Crippen molar-refractivity contribution in [2.45, 2.75) is 44.9 Å². The van der Waals surface area contributed by atoms with Gasteiger partial charge >= 0.3 is 6.18 Å². The number of halogens is 4. The Morgan fingerprint density at radius 3 is 2.50 bits per heavy atom. The number of alkyl halides is 3. The minimum Gasteiger partial charge on any atom is -0.365 e. The Kier molecular flexibility index (Phi) is 5.40. The number of hydrogen-bond donors (Lipinski definition) is 1. The maximum atomic E-state index is 12.8. The Hall–Kier alpha value is -2.67. The minimum absolute atomic E-state index is 0.0116. The highest BCUT2D eigenvalue weighted by molar-refractivity contribution is 9.10. The highest BCUT2D eigenvalue weighted by Gasteiger charge is 2.30. The van der Waals surface area contributed by atoms with E-state index < -0.39 is 11.7 Å². The summed E-state index contributed by atoms with van der Waals surface area (Å²) >= 11 is 3.41. The zero-order valence-electron chi connectivity index (χ0n) is 16.0. The van der Waals surface area contributed by atoms with Gasteiger partial charge in [0.1, 0.15) is 11.6 Å². The van der Waals surface area contributed by atoms with E-state index in [0.29, 0.717) is 33.2 Å². The van der Waals surface area contributed by atoms with Crippen molar-refractivity contribution in [2.75, 3.05) is 5.32 Å². The fraction of sp³-hybridized carbons (Fsp3) is 0.400. The van der Waals surface area contributed by atoms with Crippen molar-refractivity contribution in [3.05, 3.63) is 46.0 Å². The molecule has 0 aliphatic heterocycles. The summed E-state index contributed by atoms with van der Waals surface area (Å²) in [6.45, 7) is 2.35. The second kappa shape index (κ2) is 7.87. The Balaban J connectivity index is 1.72. The summed E-state index contributed by atoms with van der Waals surface area (Å²) in [6.07, 6.45) is -0.891. The van der Waals surface area contributed by atoms with E-state index >= 15 is 0 Å². The van der Waals surface area contributed by atoms with E-state index in [9.17, 15) is 18.4 Å². The fourth-order valence-electron chi connectivity index (χ4n) is 3.56. The van der Waals surface area contributed by atoms with Gasteiger partial charge in [-0.1, -0.05) is 18.6 Å². The van der Waals surface area contributed by atoms with Gasteiger partial charge in [-0.05, 0) is 59.3 Å². The first-order chi connectivity index (χ1) is 14.3. The smallest absolute Gasteiger partial charge is 0.365 e. The van der Waals surface area contributed by atoms with E-state index in [1.807, 2.05) is 6.07 Å². The third kappa shape index (κ3) is 3.99. The normalized spacial score (nSPS) is 15.6. The molecule has 1 unspecified atom stereocenters. The molecule has 30 heavy (non-hydrogen) atoms. The van der Waals surface area contributed by atoms with Crippen LogP contribution in [-0.2, 0) is 12.7 Å². The number of benzene rings is 1. The zero-order chi connectivity index (χ0) is 21.5. The number of rotatable bonds is 5. The first-order valence-electron chi connectivity index (χ1n) is 9.53. The first kappa shape index (κ1) is 20.6. The van der Waals surface area contributed by atoms with Crippen LogP contribution in [0.1, 0.15) is 43.1 Å². The SMILES string of the molecule is CC(Nc1nc(C#N)nc2nc(Br)n(Cc3ccc(C(F)(F)F)cc3)c12)C1CCC1. The van der Waals surface area contributed by atoms with Crippen molar-refractivity contribution in [1.82, 2.24) is 19.5 Å². The molecule has 1 aromatic carbocycles. The van der Waals surface area contributed by atoms with Gasteiger partial charge in [0.05, 0.1) is 12.1 Å². The van der Waals surface area contributed by atoms with Gasteiger partial charge in [-0.15, -0.1) is 0 Å². The van der Waals surface area contributed by atoms with E-state index in [1.54, 1.807) is 4.57 Å². The van der Waals surface area contributed by atoms with Crippen molar-refractivity contribution >= 4 is 32.9 Å². The van der Waals surface area contributed by atoms with E-state index in [-0.39, 0.29) is 18.4 Å². The second-order valence-electron chi connectivity index (χ2n) is 7.47. The van der Waals surface area contributed by atoms with E-state index in [4.69, 9.17) is 0 Å². The number of anilines is 1. The third-order valence-electron chi connectivity index (χ3n) is 5.50. The molecule has 0 saturated heterocycles. The van der Waals surface area contributed by atoms with Gasteiger partial charge in [-0.2, -0.15) is 28.4 Å². The molecule has 156 valence electrons. The molecule has 6 nitrogen and oxygen atoms in total. The molecule has 0 radical (unpaired) electrons. The number of hydrogen-bond acceptors (Lipinski definition) is 5. The second-order valence-corrected chi connectivity index (χ2v) is 8.17. The van der Waals surface area contributed by atoms with Gasteiger partial charge < -0.3 is 9.88 Å². The Bertz CT molecular complexity index is 1110. The molecule has 1 aliphatic carbocycles.